The summed E-state index contributed by atoms with van der Waals surface area (Å²) in [7, 11) is 1.95. The molecule has 0 spiro atoms. The molecule has 0 aliphatic carbocycles. The van der Waals surface area contributed by atoms with Gasteiger partial charge in [-0.15, -0.1) is 0 Å². The van der Waals surface area contributed by atoms with Crippen LogP contribution in [-0.2, 0) is 0 Å². The number of rotatable bonds is 4. The van der Waals surface area contributed by atoms with E-state index in [0.29, 0.717) is 0 Å². The van der Waals surface area contributed by atoms with Crippen molar-refractivity contribution in [3.05, 3.63) is 27.9 Å². The van der Waals surface area contributed by atoms with Crippen LogP contribution in [0.5, 0.6) is 5.88 Å². The molecular formula is C11H13N3O5. The normalized spacial score (nSPS) is 19.3. The number of likely N-dealkylation sites (N-methyl/N-ethyl adjacent to an activating group) is 1. The van der Waals surface area contributed by atoms with Gasteiger partial charge in [-0.2, -0.15) is 0 Å². The van der Waals surface area contributed by atoms with Gasteiger partial charge < -0.3 is 14.7 Å². The molecule has 19 heavy (non-hydrogen) atoms. The van der Waals surface area contributed by atoms with E-state index in [9.17, 15) is 14.9 Å². The SMILES string of the molecule is CN1CCC(Oc2cc(C(=O)O)c([N+](=O)[O-])cn2)C1. The molecule has 1 aliphatic heterocycles. The maximum absolute atomic E-state index is 11.0. The van der Waals surface area contributed by atoms with E-state index in [1.807, 2.05) is 7.05 Å². The molecule has 1 unspecified atom stereocenters. The van der Waals surface area contributed by atoms with E-state index in [0.717, 1.165) is 31.8 Å². The first-order valence-electron chi connectivity index (χ1n) is 5.70. The third-order valence-corrected chi connectivity index (χ3v) is 2.92. The van der Waals surface area contributed by atoms with Gasteiger partial charge in [-0.05, 0) is 13.5 Å². The number of carbonyl (C=O) groups is 1. The smallest absolute Gasteiger partial charge is 0.342 e. The molecule has 2 rings (SSSR count). The van der Waals surface area contributed by atoms with Crippen LogP contribution >= 0.6 is 0 Å². The zero-order valence-electron chi connectivity index (χ0n) is 10.3. The summed E-state index contributed by atoms with van der Waals surface area (Å²) in [6.07, 6.45) is 1.66. The van der Waals surface area contributed by atoms with E-state index >= 15 is 0 Å². The molecule has 102 valence electrons. The molecule has 8 nitrogen and oxygen atoms in total. The van der Waals surface area contributed by atoms with Crippen LogP contribution in [0.2, 0.25) is 0 Å². The van der Waals surface area contributed by atoms with Crippen LogP contribution in [0.25, 0.3) is 0 Å². The van der Waals surface area contributed by atoms with E-state index < -0.39 is 22.1 Å². The number of hydrogen-bond acceptors (Lipinski definition) is 6. The van der Waals surface area contributed by atoms with Crippen LogP contribution in [0.1, 0.15) is 16.8 Å². The highest BCUT2D eigenvalue weighted by Crippen LogP contribution is 2.23. The third-order valence-electron chi connectivity index (χ3n) is 2.92. The van der Waals surface area contributed by atoms with Gasteiger partial charge in [0.1, 0.15) is 17.9 Å². The Labute approximate surface area is 108 Å². The number of hydrogen-bond donors (Lipinski definition) is 1. The minimum atomic E-state index is -1.37. The van der Waals surface area contributed by atoms with E-state index in [4.69, 9.17) is 9.84 Å². The molecule has 1 aromatic heterocycles. The van der Waals surface area contributed by atoms with Gasteiger partial charge in [0, 0.05) is 19.2 Å². The van der Waals surface area contributed by atoms with Crippen molar-refractivity contribution in [3.8, 4) is 5.88 Å². The van der Waals surface area contributed by atoms with Crippen LogP contribution in [0.4, 0.5) is 5.69 Å². The molecule has 1 aliphatic rings. The highest BCUT2D eigenvalue weighted by Gasteiger charge is 2.25. The zero-order chi connectivity index (χ0) is 14.0. The van der Waals surface area contributed by atoms with Gasteiger partial charge in [0.05, 0.1) is 4.92 Å². The molecule has 0 amide bonds. The minimum Gasteiger partial charge on any atom is -0.477 e. The van der Waals surface area contributed by atoms with Gasteiger partial charge in [-0.1, -0.05) is 0 Å². The number of nitrogens with zero attached hydrogens (tertiary/aromatic N) is 3. The Morgan fingerprint density at radius 2 is 2.42 bits per heavy atom. The average molecular weight is 267 g/mol. The van der Waals surface area contributed by atoms with E-state index in [1.54, 1.807) is 0 Å². The number of pyridine rings is 1. The van der Waals surface area contributed by atoms with Gasteiger partial charge >= 0.3 is 11.7 Å². The average Bonchev–Trinajstić information content (AvgIpc) is 2.74. The number of carboxylic acid groups (broad SMARTS) is 1. The van der Waals surface area contributed by atoms with Crippen LogP contribution in [0, 0.1) is 10.1 Å². The monoisotopic (exact) mass is 267 g/mol. The van der Waals surface area contributed by atoms with Gasteiger partial charge in [0.25, 0.3) is 0 Å². The Bertz CT molecular complexity index is 519. The summed E-state index contributed by atoms with van der Waals surface area (Å²) in [4.78, 5) is 26.7. The van der Waals surface area contributed by atoms with Gasteiger partial charge in [0.2, 0.25) is 5.88 Å². The summed E-state index contributed by atoms with van der Waals surface area (Å²) >= 11 is 0. The number of aromatic carboxylic acids is 1. The standard InChI is InChI=1S/C11H13N3O5/c1-13-3-2-7(6-13)19-10-4-8(11(15)16)9(5-12-10)14(17)18/h4-5,7H,2-3,6H2,1H3,(H,15,16). The number of nitro groups is 1. The van der Waals surface area contributed by atoms with Crippen molar-refractivity contribution in [2.24, 2.45) is 0 Å². The van der Waals surface area contributed by atoms with Crippen molar-refractivity contribution in [2.45, 2.75) is 12.5 Å². The first kappa shape index (κ1) is 13.2. The second-order valence-electron chi connectivity index (χ2n) is 4.39. The number of likely N-dealkylation sites (tertiary alicyclic amines) is 1. The summed E-state index contributed by atoms with van der Waals surface area (Å²) in [5.74, 6) is -1.27. The molecule has 0 aromatic carbocycles. The van der Waals surface area contributed by atoms with Crippen molar-refractivity contribution in [3.63, 3.8) is 0 Å². The molecule has 1 N–H and O–H groups in total. The van der Waals surface area contributed by atoms with Crippen LogP contribution in [-0.4, -0.2) is 52.1 Å². The topological polar surface area (TPSA) is 106 Å². The molecule has 0 bridgehead atoms. The van der Waals surface area contributed by atoms with Crippen LogP contribution < -0.4 is 4.74 Å². The summed E-state index contributed by atoms with van der Waals surface area (Å²) in [5.41, 5.74) is -0.954. The molecule has 1 saturated heterocycles. The van der Waals surface area contributed by atoms with E-state index in [2.05, 4.69) is 9.88 Å². The summed E-state index contributed by atoms with van der Waals surface area (Å²) < 4.78 is 5.53. The fraction of sp³-hybridized carbons (Fsp3) is 0.455. The highest BCUT2D eigenvalue weighted by atomic mass is 16.6. The molecule has 8 heteroatoms. The highest BCUT2D eigenvalue weighted by molar-refractivity contribution is 5.92. The fourth-order valence-corrected chi connectivity index (χ4v) is 1.97. The lowest BCUT2D eigenvalue weighted by atomic mass is 10.2. The summed E-state index contributed by atoms with van der Waals surface area (Å²) in [6.45, 7) is 1.62. The fourth-order valence-electron chi connectivity index (χ4n) is 1.97. The number of carboxylic acids is 1. The van der Waals surface area contributed by atoms with E-state index in [1.165, 1.54) is 0 Å². The van der Waals surface area contributed by atoms with Gasteiger partial charge in [0.15, 0.2) is 0 Å². The molecule has 0 radical (unpaired) electrons. The Morgan fingerprint density at radius 1 is 1.68 bits per heavy atom. The predicted octanol–water partition coefficient (Wildman–Crippen LogP) is 0.771. The molecular weight excluding hydrogens is 254 g/mol. The Morgan fingerprint density at radius 3 is 2.95 bits per heavy atom. The molecule has 1 aromatic rings. The van der Waals surface area contributed by atoms with Crippen molar-refractivity contribution in [1.29, 1.82) is 0 Å². The van der Waals surface area contributed by atoms with Crippen molar-refractivity contribution in [1.82, 2.24) is 9.88 Å². The first-order chi connectivity index (χ1) is 8.97. The quantitative estimate of drug-likeness (QED) is 0.634. The predicted molar refractivity (Wildman–Crippen MR) is 64.4 cm³/mol. The summed E-state index contributed by atoms with van der Waals surface area (Å²) in [5, 5.41) is 19.6. The third kappa shape index (κ3) is 2.97. The second kappa shape index (κ2) is 5.19. The van der Waals surface area contributed by atoms with Crippen molar-refractivity contribution < 1.29 is 19.6 Å². The van der Waals surface area contributed by atoms with E-state index in [-0.39, 0.29) is 12.0 Å². The maximum atomic E-state index is 11.0. The summed E-state index contributed by atoms with van der Waals surface area (Å²) in [6, 6.07) is 1.10. The molecule has 2 heterocycles. The van der Waals surface area contributed by atoms with Gasteiger partial charge in [-0.3, -0.25) is 10.1 Å². The molecule has 1 fully saturated rings. The van der Waals surface area contributed by atoms with Crippen molar-refractivity contribution in [2.75, 3.05) is 20.1 Å². The lowest BCUT2D eigenvalue weighted by Gasteiger charge is -2.12. The Kier molecular flexibility index (Phi) is 3.61. The maximum Gasteiger partial charge on any atom is 0.342 e. The first-order valence-corrected chi connectivity index (χ1v) is 5.70. The van der Waals surface area contributed by atoms with Crippen molar-refractivity contribution >= 4 is 11.7 Å². The number of ether oxygens (including phenoxy) is 1. The van der Waals surface area contributed by atoms with Crippen LogP contribution in [0.3, 0.4) is 0 Å². The Balaban J connectivity index is 2.21. The van der Waals surface area contributed by atoms with Crippen LogP contribution in [0.15, 0.2) is 12.3 Å². The minimum absolute atomic E-state index is 0.0689. The molecule has 0 saturated carbocycles. The number of aromatic nitrogens is 1. The largest absolute Gasteiger partial charge is 0.477 e. The second-order valence-corrected chi connectivity index (χ2v) is 4.39. The lowest BCUT2D eigenvalue weighted by molar-refractivity contribution is -0.385. The lowest BCUT2D eigenvalue weighted by Crippen LogP contribution is -2.22. The Hall–Kier alpha value is -2.22. The van der Waals surface area contributed by atoms with Gasteiger partial charge in [-0.25, -0.2) is 9.78 Å². The zero-order valence-corrected chi connectivity index (χ0v) is 10.3. The molecule has 1 atom stereocenters.